The Morgan fingerprint density at radius 1 is 0.840 bits per heavy atom. The van der Waals surface area contributed by atoms with Gasteiger partial charge in [0.1, 0.15) is 5.82 Å². The SMILES string of the molecule is O=c1nc(-c2ccccc2Br)n(Cc2ccccc2)c2ccccc12. The minimum atomic E-state index is -0.203. The molecule has 4 rings (SSSR count). The molecule has 4 aromatic rings. The normalized spacial score (nSPS) is 10.9. The van der Waals surface area contributed by atoms with Gasteiger partial charge in [0, 0.05) is 16.6 Å². The molecule has 0 radical (unpaired) electrons. The summed E-state index contributed by atoms with van der Waals surface area (Å²) in [4.78, 5) is 17.0. The second kappa shape index (κ2) is 6.65. The van der Waals surface area contributed by atoms with Crippen LogP contribution in [0.3, 0.4) is 0 Å². The van der Waals surface area contributed by atoms with Gasteiger partial charge in [-0.25, -0.2) is 0 Å². The van der Waals surface area contributed by atoms with Crippen molar-refractivity contribution in [1.82, 2.24) is 9.55 Å². The summed E-state index contributed by atoms with van der Waals surface area (Å²) in [5.74, 6) is 0.667. The second-order valence-corrected chi connectivity index (χ2v) is 6.66. The van der Waals surface area contributed by atoms with Crippen molar-refractivity contribution in [2.75, 3.05) is 0 Å². The van der Waals surface area contributed by atoms with E-state index in [2.05, 4.69) is 37.6 Å². The van der Waals surface area contributed by atoms with Crippen molar-refractivity contribution in [2.45, 2.75) is 6.54 Å². The summed E-state index contributed by atoms with van der Waals surface area (Å²) < 4.78 is 3.02. The third kappa shape index (κ3) is 3.01. The van der Waals surface area contributed by atoms with Crippen LogP contribution in [0.1, 0.15) is 5.56 Å². The summed E-state index contributed by atoms with van der Waals surface area (Å²) >= 11 is 3.59. The number of halogens is 1. The average Bonchev–Trinajstić information content (AvgIpc) is 2.65. The van der Waals surface area contributed by atoms with Crippen molar-refractivity contribution in [3.05, 3.63) is 99.3 Å². The Morgan fingerprint density at radius 3 is 2.32 bits per heavy atom. The number of rotatable bonds is 3. The lowest BCUT2D eigenvalue weighted by Crippen LogP contribution is -2.17. The Balaban J connectivity index is 2.03. The van der Waals surface area contributed by atoms with Crippen molar-refractivity contribution >= 4 is 26.8 Å². The van der Waals surface area contributed by atoms with Gasteiger partial charge in [0.05, 0.1) is 10.9 Å². The molecule has 0 atom stereocenters. The van der Waals surface area contributed by atoms with Crippen LogP contribution in [0.2, 0.25) is 0 Å². The molecule has 122 valence electrons. The monoisotopic (exact) mass is 390 g/mol. The zero-order chi connectivity index (χ0) is 17.2. The minimum absolute atomic E-state index is 0.203. The smallest absolute Gasteiger partial charge is 0.281 e. The molecule has 0 bridgehead atoms. The third-order valence-electron chi connectivity index (χ3n) is 4.19. The first-order valence-electron chi connectivity index (χ1n) is 8.02. The summed E-state index contributed by atoms with van der Waals surface area (Å²) in [5, 5.41) is 0.634. The summed E-state index contributed by atoms with van der Waals surface area (Å²) in [6, 6.07) is 25.7. The Hall–Kier alpha value is -2.72. The topological polar surface area (TPSA) is 34.9 Å². The molecule has 0 unspecified atom stereocenters. The zero-order valence-corrected chi connectivity index (χ0v) is 15.0. The third-order valence-corrected chi connectivity index (χ3v) is 4.88. The van der Waals surface area contributed by atoms with E-state index in [1.807, 2.05) is 66.7 Å². The predicted molar refractivity (Wildman–Crippen MR) is 105 cm³/mol. The van der Waals surface area contributed by atoms with Crippen molar-refractivity contribution in [3.63, 3.8) is 0 Å². The Labute approximate surface area is 153 Å². The van der Waals surface area contributed by atoms with Crippen LogP contribution in [0.25, 0.3) is 22.3 Å². The summed E-state index contributed by atoms with van der Waals surface area (Å²) in [7, 11) is 0. The molecule has 3 nitrogen and oxygen atoms in total. The van der Waals surface area contributed by atoms with E-state index < -0.39 is 0 Å². The van der Waals surface area contributed by atoms with E-state index in [0.29, 0.717) is 17.8 Å². The molecule has 0 aliphatic heterocycles. The van der Waals surface area contributed by atoms with Gasteiger partial charge in [-0.1, -0.05) is 76.6 Å². The standard InChI is InChI=1S/C21H15BrN2O/c22-18-12-6-4-10-16(18)20-23-21(25)17-11-5-7-13-19(17)24(20)14-15-8-2-1-3-9-15/h1-13H,14H2. The Bertz CT molecular complexity index is 1100. The summed E-state index contributed by atoms with van der Waals surface area (Å²) in [6.07, 6.45) is 0. The van der Waals surface area contributed by atoms with Gasteiger partial charge >= 0.3 is 0 Å². The van der Waals surface area contributed by atoms with Crippen LogP contribution in [-0.2, 0) is 6.54 Å². The molecule has 1 heterocycles. The van der Waals surface area contributed by atoms with Crippen LogP contribution in [0.4, 0.5) is 0 Å². The maximum atomic E-state index is 12.5. The van der Waals surface area contributed by atoms with Gasteiger partial charge in [-0.3, -0.25) is 4.79 Å². The fourth-order valence-electron chi connectivity index (χ4n) is 2.99. The fraction of sp³-hybridized carbons (Fsp3) is 0.0476. The van der Waals surface area contributed by atoms with Crippen LogP contribution in [0.5, 0.6) is 0 Å². The maximum absolute atomic E-state index is 12.5. The van der Waals surface area contributed by atoms with E-state index in [-0.39, 0.29) is 5.56 Å². The quantitative estimate of drug-likeness (QED) is 0.499. The maximum Gasteiger partial charge on any atom is 0.281 e. The molecule has 1 aromatic heterocycles. The lowest BCUT2D eigenvalue weighted by molar-refractivity contribution is 0.809. The van der Waals surface area contributed by atoms with Gasteiger partial charge in [-0.15, -0.1) is 0 Å². The number of nitrogens with zero attached hydrogens (tertiary/aromatic N) is 2. The molecule has 0 saturated heterocycles. The highest BCUT2D eigenvalue weighted by atomic mass is 79.9. The molecular formula is C21H15BrN2O. The van der Waals surface area contributed by atoms with E-state index in [9.17, 15) is 4.79 Å². The first-order valence-corrected chi connectivity index (χ1v) is 8.82. The lowest BCUT2D eigenvalue weighted by Gasteiger charge is -2.17. The van der Waals surface area contributed by atoms with Crippen molar-refractivity contribution in [1.29, 1.82) is 0 Å². The van der Waals surface area contributed by atoms with Crippen LogP contribution in [-0.4, -0.2) is 9.55 Å². The molecular weight excluding hydrogens is 376 g/mol. The zero-order valence-electron chi connectivity index (χ0n) is 13.4. The van der Waals surface area contributed by atoms with Crippen LogP contribution < -0.4 is 5.56 Å². The van der Waals surface area contributed by atoms with Crippen molar-refractivity contribution < 1.29 is 0 Å². The molecule has 0 N–H and O–H groups in total. The average molecular weight is 391 g/mol. The Morgan fingerprint density at radius 2 is 1.52 bits per heavy atom. The second-order valence-electron chi connectivity index (χ2n) is 5.81. The minimum Gasteiger partial charge on any atom is -0.321 e. The number of hydrogen-bond donors (Lipinski definition) is 0. The van der Waals surface area contributed by atoms with Gasteiger partial charge in [0.2, 0.25) is 0 Å². The highest BCUT2D eigenvalue weighted by molar-refractivity contribution is 9.10. The summed E-state index contributed by atoms with van der Waals surface area (Å²) in [6.45, 7) is 0.644. The number of aromatic nitrogens is 2. The molecule has 0 saturated carbocycles. The van der Waals surface area contributed by atoms with Crippen LogP contribution in [0.15, 0.2) is 88.1 Å². The molecule has 0 amide bonds. The van der Waals surface area contributed by atoms with Crippen molar-refractivity contribution in [2.24, 2.45) is 0 Å². The summed E-state index contributed by atoms with van der Waals surface area (Å²) in [5.41, 5.74) is 2.75. The van der Waals surface area contributed by atoms with E-state index >= 15 is 0 Å². The molecule has 4 heteroatoms. The largest absolute Gasteiger partial charge is 0.321 e. The predicted octanol–water partition coefficient (Wildman–Crippen LogP) is 4.87. The van der Waals surface area contributed by atoms with E-state index in [4.69, 9.17) is 0 Å². The van der Waals surface area contributed by atoms with Gasteiger partial charge in [-0.05, 0) is 23.8 Å². The number of para-hydroxylation sites is 1. The first kappa shape index (κ1) is 15.8. The van der Waals surface area contributed by atoms with E-state index in [1.165, 1.54) is 0 Å². The molecule has 3 aromatic carbocycles. The highest BCUT2D eigenvalue weighted by Crippen LogP contribution is 2.28. The van der Waals surface area contributed by atoms with Gasteiger partial charge in [0.25, 0.3) is 5.56 Å². The fourth-order valence-corrected chi connectivity index (χ4v) is 3.46. The molecule has 0 aliphatic carbocycles. The number of benzene rings is 3. The van der Waals surface area contributed by atoms with E-state index in [1.54, 1.807) is 0 Å². The highest BCUT2D eigenvalue weighted by Gasteiger charge is 2.14. The number of fused-ring (bicyclic) bond motifs is 1. The lowest BCUT2D eigenvalue weighted by atomic mass is 10.1. The number of hydrogen-bond acceptors (Lipinski definition) is 2. The van der Waals surface area contributed by atoms with Crippen LogP contribution >= 0.6 is 15.9 Å². The molecule has 0 aliphatic rings. The van der Waals surface area contributed by atoms with Crippen molar-refractivity contribution in [3.8, 4) is 11.4 Å². The van der Waals surface area contributed by atoms with Crippen LogP contribution in [0, 0.1) is 0 Å². The Kier molecular flexibility index (Phi) is 4.20. The molecule has 0 fully saturated rings. The van der Waals surface area contributed by atoms with E-state index in [0.717, 1.165) is 21.1 Å². The van der Waals surface area contributed by atoms with Gasteiger partial charge < -0.3 is 4.57 Å². The van der Waals surface area contributed by atoms with Gasteiger partial charge in [0.15, 0.2) is 0 Å². The van der Waals surface area contributed by atoms with Gasteiger partial charge in [-0.2, -0.15) is 4.98 Å². The molecule has 0 spiro atoms. The molecule has 25 heavy (non-hydrogen) atoms. The first-order chi connectivity index (χ1) is 12.2.